The summed E-state index contributed by atoms with van der Waals surface area (Å²) in [6.07, 6.45) is 0. The molecule has 0 N–H and O–H groups in total. The van der Waals surface area contributed by atoms with E-state index < -0.39 is 5.41 Å². The number of methoxy groups -OCH3 is 3. The van der Waals surface area contributed by atoms with E-state index in [-0.39, 0.29) is 49.9 Å². The van der Waals surface area contributed by atoms with E-state index in [1.54, 1.807) is 0 Å². The molecule has 0 radical (unpaired) electrons. The van der Waals surface area contributed by atoms with Gasteiger partial charge in [0.2, 0.25) is 0 Å². The van der Waals surface area contributed by atoms with Crippen molar-refractivity contribution in [2.45, 2.75) is 20.8 Å². The third-order valence-electron chi connectivity index (χ3n) is 5.87. The van der Waals surface area contributed by atoms with Crippen molar-refractivity contribution in [3.05, 3.63) is 0 Å². The van der Waals surface area contributed by atoms with Crippen molar-refractivity contribution < 1.29 is 33.4 Å². The summed E-state index contributed by atoms with van der Waals surface area (Å²) in [6.45, 7) is 10.7. The van der Waals surface area contributed by atoms with E-state index in [1.807, 2.05) is 35.5 Å². The van der Waals surface area contributed by atoms with E-state index in [4.69, 9.17) is 14.2 Å². The number of hydrogen-bond donors (Lipinski definition) is 0. The maximum Gasteiger partial charge on any atom is 0.319 e. The molecule has 11 heteroatoms. The van der Waals surface area contributed by atoms with Gasteiger partial charge < -0.3 is 14.2 Å². The highest BCUT2D eigenvalue weighted by molar-refractivity contribution is 5.85. The van der Waals surface area contributed by atoms with Gasteiger partial charge >= 0.3 is 17.9 Å². The number of ketones is 1. The molecule has 0 bridgehead atoms. The molecule has 1 rings (SSSR count). The summed E-state index contributed by atoms with van der Waals surface area (Å²) in [4.78, 5) is 56.5. The van der Waals surface area contributed by atoms with Crippen LogP contribution in [-0.4, -0.2) is 143 Å². The Hall–Kier alpha value is -2.08. The highest BCUT2D eigenvalue weighted by Crippen LogP contribution is 2.15. The van der Waals surface area contributed by atoms with Crippen LogP contribution in [0.1, 0.15) is 20.8 Å². The highest BCUT2D eigenvalue weighted by Gasteiger charge is 2.25. The second-order valence-electron chi connectivity index (χ2n) is 9.51. The lowest BCUT2D eigenvalue weighted by Crippen LogP contribution is -2.49. The SMILES string of the molecule is COC(=O)CN1CCN(CC(=O)OC)CCN(CC(=O)C(C)(C)C)CCN(CC(=O)OC)CC1. The smallest absolute Gasteiger partial charge is 0.319 e. The Bertz CT molecular complexity index is 647. The fourth-order valence-electron chi connectivity index (χ4n) is 3.39. The molecule has 0 amide bonds. The Kier molecular flexibility index (Phi) is 13.2. The third kappa shape index (κ3) is 11.9. The number of ether oxygens (including phenoxy) is 3. The quantitative estimate of drug-likeness (QED) is 0.322. The van der Waals surface area contributed by atoms with Crippen molar-refractivity contribution in [1.29, 1.82) is 0 Å². The molecule has 1 aliphatic heterocycles. The molecule has 1 saturated heterocycles. The minimum Gasteiger partial charge on any atom is -0.468 e. The summed E-state index contributed by atoms with van der Waals surface area (Å²) in [5.41, 5.74) is -0.463. The maximum absolute atomic E-state index is 12.7. The number of rotatable bonds is 8. The van der Waals surface area contributed by atoms with Crippen LogP contribution in [0.3, 0.4) is 0 Å². The molecule has 0 unspecified atom stereocenters. The number of hydrogen-bond acceptors (Lipinski definition) is 11. The molecule has 0 aromatic carbocycles. The van der Waals surface area contributed by atoms with Crippen molar-refractivity contribution in [3.63, 3.8) is 0 Å². The van der Waals surface area contributed by atoms with Gasteiger partial charge in [-0.25, -0.2) is 0 Å². The molecular formula is C23H42N4O7. The van der Waals surface area contributed by atoms with E-state index in [1.165, 1.54) is 21.3 Å². The number of nitrogens with zero attached hydrogens (tertiary/aromatic N) is 4. The molecule has 0 atom stereocenters. The molecule has 196 valence electrons. The van der Waals surface area contributed by atoms with Gasteiger partial charge in [0.1, 0.15) is 0 Å². The third-order valence-corrected chi connectivity index (χ3v) is 5.87. The first-order chi connectivity index (χ1) is 16.0. The molecule has 0 aliphatic carbocycles. The van der Waals surface area contributed by atoms with Crippen LogP contribution in [-0.2, 0) is 33.4 Å². The van der Waals surface area contributed by atoms with Gasteiger partial charge in [0.05, 0.1) is 47.5 Å². The molecule has 1 fully saturated rings. The largest absolute Gasteiger partial charge is 0.468 e. The van der Waals surface area contributed by atoms with E-state index in [9.17, 15) is 19.2 Å². The summed E-state index contributed by atoms with van der Waals surface area (Å²) >= 11 is 0. The average Bonchev–Trinajstić information content (AvgIpc) is 2.79. The predicted octanol–water partition coefficient (Wildman–Crippen LogP) is -0.658. The van der Waals surface area contributed by atoms with E-state index in [2.05, 4.69) is 4.90 Å². The molecule has 11 nitrogen and oxygen atoms in total. The number of Topliss-reactive ketones (excluding diaryl/α,β-unsaturated/α-hetero) is 1. The molecule has 0 aromatic heterocycles. The Balaban J connectivity index is 3.06. The first kappa shape index (κ1) is 30.0. The fraction of sp³-hybridized carbons (Fsp3) is 0.826. The fourth-order valence-corrected chi connectivity index (χ4v) is 3.39. The minimum atomic E-state index is -0.463. The van der Waals surface area contributed by atoms with Crippen molar-refractivity contribution in [3.8, 4) is 0 Å². The zero-order valence-electron chi connectivity index (χ0n) is 21.6. The van der Waals surface area contributed by atoms with Gasteiger partial charge in [0.25, 0.3) is 0 Å². The summed E-state index contributed by atoms with van der Waals surface area (Å²) < 4.78 is 14.5. The molecule has 0 aromatic rings. The Morgan fingerprint density at radius 3 is 0.971 bits per heavy atom. The van der Waals surface area contributed by atoms with Crippen LogP contribution in [0, 0.1) is 5.41 Å². The van der Waals surface area contributed by atoms with Crippen LogP contribution in [0.15, 0.2) is 0 Å². The van der Waals surface area contributed by atoms with Gasteiger partial charge in [-0.1, -0.05) is 20.8 Å². The van der Waals surface area contributed by atoms with Crippen LogP contribution in [0.25, 0.3) is 0 Å². The van der Waals surface area contributed by atoms with E-state index in [0.717, 1.165) is 0 Å². The van der Waals surface area contributed by atoms with Crippen molar-refractivity contribution >= 4 is 23.7 Å². The summed E-state index contributed by atoms with van der Waals surface area (Å²) in [7, 11) is 4.05. The van der Waals surface area contributed by atoms with Gasteiger partial charge in [-0.05, 0) is 0 Å². The standard InChI is InChI=1S/C23H42N4O7/c1-23(2,3)19(28)15-24-7-9-25(16-20(29)32-4)11-13-27(18-22(31)34-6)14-12-26(10-8-24)17-21(30)33-5/h7-18H2,1-6H3. The van der Waals surface area contributed by atoms with Crippen LogP contribution < -0.4 is 0 Å². The zero-order chi connectivity index (χ0) is 25.7. The van der Waals surface area contributed by atoms with Crippen molar-refractivity contribution in [2.75, 3.05) is 99.9 Å². The van der Waals surface area contributed by atoms with Crippen LogP contribution >= 0.6 is 0 Å². The lowest BCUT2D eigenvalue weighted by molar-refractivity contribution is -0.144. The van der Waals surface area contributed by atoms with Gasteiger partial charge in [0, 0.05) is 57.8 Å². The topological polar surface area (TPSA) is 109 Å². The number of carbonyl (C=O) groups is 4. The zero-order valence-corrected chi connectivity index (χ0v) is 21.6. The van der Waals surface area contributed by atoms with Gasteiger partial charge in [0.15, 0.2) is 5.78 Å². The van der Waals surface area contributed by atoms with E-state index >= 15 is 0 Å². The van der Waals surface area contributed by atoms with Gasteiger partial charge in [-0.2, -0.15) is 0 Å². The number of esters is 3. The minimum absolute atomic E-state index is 0.112. The summed E-state index contributed by atoms with van der Waals surface area (Å²) in [5.74, 6) is -0.901. The molecule has 1 aliphatic rings. The number of carbonyl (C=O) groups excluding carboxylic acids is 4. The summed E-state index contributed by atoms with van der Waals surface area (Å²) in [6, 6.07) is 0. The monoisotopic (exact) mass is 486 g/mol. The normalized spacial score (nSPS) is 18.4. The average molecular weight is 487 g/mol. The van der Waals surface area contributed by atoms with Crippen LogP contribution in [0.2, 0.25) is 0 Å². The summed E-state index contributed by atoms with van der Waals surface area (Å²) in [5, 5.41) is 0. The Labute approximate surface area is 203 Å². The molecule has 0 saturated carbocycles. The first-order valence-corrected chi connectivity index (χ1v) is 11.6. The molecule has 0 spiro atoms. The Morgan fingerprint density at radius 1 is 0.529 bits per heavy atom. The lowest BCUT2D eigenvalue weighted by Gasteiger charge is -2.34. The highest BCUT2D eigenvalue weighted by atomic mass is 16.5. The second-order valence-corrected chi connectivity index (χ2v) is 9.51. The molecular weight excluding hydrogens is 444 g/mol. The Morgan fingerprint density at radius 2 is 0.765 bits per heavy atom. The molecule has 34 heavy (non-hydrogen) atoms. The van der Waals surface area contributed by atoms with Crippen LogP contribution in [0.5, 0.6) is 0 Å². The van der Waals surface area contributed by atoms with Gasteiger partial charge in [-0.3, -0.25) is 38.8 Å². The first-order valence-electron chi connectivity index (χ1n) is 11.6. The van der Waals surface area contributed by atoms with Gasteiger partial charge in [-0.15, -0.1) is 0 Å². The molecule has 1 heterocycles. The second kappa shape index (κ2) is 15.0. The lowest BCUT2D eigenvalue weighted by atomic mass is 9.90. The van der Waals surface area contributed by atoms with Crippen molar-refractivity contribution in [2.24, 2.45) is 5.41 Å². The maximum atomic E-state index is 12.7. The van der Waals surface area contributed by atoms with Crippen LogP contribution in [0.4, 0.5) is 0 Å². The van der Waals surface area contributed by atoms with E-state index in [0.29, 0.717) is 52.4 Å². The van der Waals surface area contributed by atoms with Crippen molar-refractivity contribution in [1.82, 2.24) is 19.6 Å². The predicted molar refractivity (Wildman–Crippen MR) is 126 cm³/mol.